The van der Waals surface area contributed by atoms with Gasteiger partial charge < -0.3 is 5.11 Å². The van der Waals surface area contributed by atoms with E-state index in [-0.39, 0.29) is 11.7 Å². The maximum absolute atomic E-state index is 11.2. The molecule has 0 aromatic heterocycles. The quantitative estimate of drug-likeness (QED) is 0.670. The lowest BCUT2D eigenvalue weighted by Crippen LogP contribution is -2.64. The van der Waals surface area contributed by atoms with Crippen molar-refractivity contribution in [1.82, 2.24) is 0 Å². The van der Waals surface area contributed by atoms with E-state index in [2.05, 4.69) is 20.9 Å². The Hall–Kier alpha value is -1.16. The van der Waals surface area contributed by atoms with Crippen LogP contribution in [0.25, 0.3) is 0 Å². The maximum Gasteiger partial charge on any atom is 0.414 e. The third-order valence-electron chi connectivity index (χ3n) is 1.72. The minimum absolute atomic E-state index is 0.308. The summed E-state index contributed by atoms with van der Waals surface area (Å²) in [5, 5.41) is 9.08. The molecule has 4 heteroatoms. The third-order valence-corrected chi connectivity index (χ3v) is 2.38. The van der Waals surface area contributed by atoms with E-state index in [0.29, 0.717) is 11.3 Å². The molecule has 3 nitrogen and oxygen atoms in total. The molecule has 1 aliphatic heterocycles. The number of Topliss-reactive ketones (excluding diaryl/α,β-unsaturated/α-hetero) is 1. The van der Waals surface area contributed by atoms with Crippen molar-refractivity contribution in [2.75, 3.05) is 0 Å². The molecule has 0 aliphatic carbocycles. The number of carbonyl (C=O) groups is 1. The van der Waals surface area contributed by atoms with Gasteiger partial charge in [0, 0.05) is 0 Å². The second kappa shape index (κ2) is 2.42. The molecule has 0 bridgehead atoms. The summed E-state index contributed by atoms with van der Waals surface area (Å²) in [5.41, 5.74) is 1.14. The first-order chi connectivity index (χ1) is 5.70. The van der Waals surface area contributed by atoms with Crippen molar-refractivity contribution in [3.05, 3.63) is 28.2 Å². The minimum atomic E-state index is -0.355. The monoisotopic (exact) mass is 226 g/mol. The Balaban J connectivity index is 2.72. The molecule has 0 unspecified atom stereocenters. The van der Waals surface area contributed by atoms with Crippen LogP contribution in [0.5, 0.6) is 0 Å². The number of fused-ring (bicyclic) bond motifs is 1. The molecule has 2 N–H and O–H groups in total. The highest BCUT2D eigenvalue weighted by molar-refractivity contribution is 9.10. The van der Waals surface area contributed by atoms with Crippen LogP contribution in [0, 0.1) is 0 Å². The fourth-order valence-electron chi connectivity index (χ4n) is 1.14. The van der Waals surface area contributed by atoms with Gasteiger partial charge in [-0.2, -0.15) is 4.99 Å². The highest BCUT2D eigenvalue weighted by Crippen LogP contribution is 2.23. The predicted molar refractivity (Wildman–Crippen MR) is 46.7 cm³/mol. The van der Waals surface area contributed by atoms with Crippen molar-refractivity contribution in [2.45, 2.75) is 0 Å². The number of hydrogen-bond donors (Lipinski definition) is 2. The number of ketones is 1. The minimum Gasteiger partial charge on any atom is -0.457 e. The molecule has 0 saturated heterocycles. The molecule has 1 aromatic carbocycles. The van der Waals surface area contributed by atoms with Gasteiger partial charge in [-0.05, 0) is 28.1 Å². The zero-order valence-corrected chi connectivity index (χ0v) is 7.55. The summed E-state index contributed by atoms with van der Waals surface area (Å²) in [4.78, 5) is 13.8. The van der Waals surface area contributed by atoms with Gasteiger partial charge in [-0.15, -0.1) is 0 Å². The van der Waals surface area contributed by atoms with Gasteiger partial charge in [0.25, 0.3) is 0 Å². The average Bonchev–Trinajstić information content (AvgIpc) is 2.32. The van der Waals surface area contributed by atoms with Crippen molar-refractivity contribution in [3.8, 4) is 0 Å². The zero-order valence-electron chi connectivity index (χ0n) is 5.97. The standard InChI is InChI=1S/C8H4BrNO2/c9-5-3-1-2-4-6(5)10-8(12)7(4)11/h1-3H,(H,10,11,12)/p+1. The van der Waals surface area contributed by atoms with Crippen LogP contribution in [0.1, 0.15) is 10.4 Å². The molecule has 0 radical (unpaired) electrons. The number of hydrogen-bond acceptors (Lipinski definition) is 1. The van der Waals surface area contributed by atoms with Crippen LogP contribution in [0.15, 0.2) is 22.7 Å². The van der Waals surface area contributed by atoms with Crippen LogP contribution >= 0.6 is 15.9 Å². The van der Waals surface area contributed by atoms with Crippen LogP contribution in [0.4, 0.5) is 5.69 Å². The second-order valence-corrected chi connectivity index (χ2v) is 3.32. The summed E-state index contributed by atoms with van der Waals surface area (Å²) in [7, 11) is 0. The molecular weight excluding hydrogens is 222 g/mol. The highest BCUT2D eigenvalue weighted by Gasteiger charge is 2.32. The van der Waals surface area contributed by atoms with E-state index >= 15 is 0 Å². The van der Waals surface area contributed by atoms with Crippen molar-refractivity contribution in [1.29, 1.82) is 0 Å². The molecule has 0 amide bonds. The Bertz CT molecular complexity index is 398. The Morgan fingerprint density at radius 3 is 2.83 bits per heavy atom. The van der Waals surface area contributed by atoms with Gasteiger partial charge >= 0.3 is 11.7 Å². The lowest BCUT2D eigenvalue weighted by atomic mass is 10.1. The molecule has 2 rings (SSSR count). The van der Waals surface area contributed by atoms with Crippen molar-refractivity contribution >= 4 is 33.3 Å². The Morgan fingerprint density at radius 2 is 2.17 bits per heavy atom. The lowest BCUT2D eigenvalue weighted by Gasteiger charge is -1.89. The number of carbonyl (C=O) groups excluding carboxylic acids is 1. The summed E-state index contributed by atoms with van der Waals surface area (Å²) in [6.07, 6.45) is 0. The predicted octanol–water partition coefficient (Wildman–Crippen LogP) is 0.314. The van der Waals surface area contributed by atoms with Gasteiger partial charge in [0.15, 0.2) is 0 Å². The van der Waals surface area contributed by atoms with Gasteiger partial charge in [-0.25, -0.2) is 0 Å². The number of benzene rings is 1. The number of rotatable bonds is 0. The van der Waals surface area contributed by atoms with Gasteiger partial charge in [0.05, 0.1) is 4.47 Å². The SMILES string of the molecule is O=C1C(O)=[NH+]c2c(Br)cccc21. The van der Waals surface area contributed by atoms with Gasteiger partial charge in [0.1, 0.15) is 5.56 Å². The van der Waals surface area contributed by atoms with E-state index in [9.17, 15) is 4.79 Å². The summed E-state index contributed by atoms with van der Waals surface area (Å²) in [6.45, 7) is 0. The molecule has 1 aromatic rings. The van der Waals surface area contributed by atoms with E-state index in [1.54, 1.807) is 18.2 Å². The largest absolute Gasteiger partial charge is 0.457 e. The molecule has 0 saturated carbocycles. The average molecular weight is 227 g/mol. The Morgan fingerprint density at radius 1 is 1.42 bits per heavy atom. The molecular formula is C8H5BrNO2+. The van der Waals surface area contributed by atoms with Gasteiger partial charge in [0.2, 0.25) is 5.69 Å². The normalized spacial score (nSPS) is 14.4. The Kier molecular flexibility index (Phi) is 1.51. The maximum atomic E-state index is 11.2. The summed E-state index contributed by atoms with van der Waals surface area (Å²) in [6, 6.07) is 5.22. The fourth-order valence-corrected chi connectivity index (χ4v) is 1.61. The molecule has 0 atom stereocenters. The fraction of sp³-hybridized carbons (Fsp3) is 0. The van der Waals surface area contributed by atoms with Crippen molar-refractivity contribution in [3.63, 3.8) is 0 Å². The molecule has 0 fully saturated rings. The summed E-state index contributed by atoms with van der Waals surface area (Å²) >= 11 is 3.26. The van der Waals surface area contributed by atoms with Gasteiger partial charge in [-0.1, -0.05) is 6.07 Å². The number of para-hydroxylation sites is 1. The first-order valence-electron chi connectivity index (χ1n) is 3.36. The number of aliphatic hydroxyl groups excluding tert-OH is 1. The topological polar surface area (TPSA) is 51.3 Å². The van der Waals surface area contributed by atoms with E-state index < -0.39 is 0 Å². The van der Waals surface area contributed by atoms with Crippen molar-refractivity contribution in [2.24, 2.45) is 0 Å². The number of halogens is 1. The summed E-state index contributed by atoms with van der Waals surface area (Å²) < 4.78 is 0.775. The van der Waals surface area contributed by atoms with Crippen LogP contribution in [-0.2, 0) is 0 Å². The first-order valence-corrected chi connectivity index (χ1v) is 4.15. The number of nitrogens with one attached hydrogen (secondary N) is 1. The van der Waals surface area contributed by atoms with E-state index in [1.165, 1.54) is 0 Å². The second-order valence-electron chi connectivity index (χ2n) is 2.47. The third kappa shape index (κ3) is 0.881. The molecule has 1 aliphatic rings. The number of aliphatic hydroxyl groups is 1. The molecule has 0 spiro atoms. The van der Waals surface area contributed by atoms with Gasteiger partial charge in [-0.3, -0.25) is 4.79 Å². The first kappa shape index (κ1) is 7.49. The van der Waals surface area contributed by atoms with E-state index in [4.69, 9.17) is 5.11 Å². The lowest BCUT2D eigenvalue weighted by molar-refractivity contribution is -0.360. The van der Waals surface area contributed by atoms with Crippen LogP contribution < -0.4 is 4.99 Å². The highest BCUT2D eigenvalue weighted by atomic mass is 79.9. The molecule has 1 heterocycles. The van der Waals surface area contributed by atoms with Crippen LogP contribution in [0.2, 0.25) is 0 Å². The molecule has 60 valence electrons. The van der Waals surface area contributed by atoms with E-state index in [1.807, 2.05) is 0 Å². The van der Waals surface area contributed by atoms with E-state index in [0.717, 1.165) is 4.47 Å². The summed E-state index contributed by atoms with van der Waals surface area (Å²) in [5.74, 6) is -0.664. The van der Waals surface area contributed by atoms with Crippen LogP contribution in [-0.4, -0.2) is 16.8 Å². The van der Waals surface area contributed by atoms with Crippen LogP contribution in [0.3, 0.4) is 0 Å². The zero-order chi connectivity index (χ0) is 8.72. The Labute approximate surface area is 76.9 Å². The van der Waals surface area contributed by atoms with Crippen molar-refractivity contribution < 1.29 is 14.9 Å². The smallest absolute Gasteiger partial charge is 0.414 e. The molecule has 12 heavy (non-hydrogen) atoms.